The smallest absolute Gasteiger partial charge is 0.137 e. The van der Waals surface area contributed by atoms with Gasteiger partial charge in [-0.3, -0.25) is 5.43 Å². The molecule has 0 saturated heterocycles. The third-order valence-electron chi connectivity index (χ3n) is 1.49. The van der Waals surface area contributed by atoms with Crippen LogP contribution in [-0.2, 0) is 0 Å². The molecule has 13 heavy (non-hydrogen) atoms. The Labute approximate surface area is 80.1 Å². The lowest BCUT2D eigenvalue weighted by atomic mass is 10.4. The topological polar surface area (TPSA) is 61.0 Å². The van der Waals surface area contributed by atoms with Gasteiger partial charge in [0.15, 0.2) is 0 Å². The van der Waals surface area contributed by atoms with E-state index in [2.05, 4.69) is 26.7 Å². The van der Waals surface area contributed by atoms with E-state index in [4.69, 9.17) is 11.6 Å². The predicted octanol–water partition coefficient (Wildman–Crippen LogP) is 0.558. The van der Waals surface area contributed by atoms with E-state index < -0.39 is 0 Å². The fraction of sp³-hybridized carbons (Fsp3) is 0. The molecule has 0 fully saturated rings. The van der Waals surface area contributed by atoms with Gasteiger partial charge in [-0.1, -0.05) is 11.6 Å². The van der Waals surface area contributed by atoms with Gasteiger partial charge in [0.25, 0.3) is 0 Å². The van der Waals surface area contributed by atoms with E-state index in [-0.39, 0.29) is 0 Å². The highest BCUT2D eigenvalue weighted by Gasteiger charge is 2.01. The highest BCUT2D eigenvalue weighted by molar-refractivity contribution is 6.29. The minimum atomic E-state index is 0.482. The fourth-order valence-electron chi connectivity index (χ4n) is 0.920. The molecule has 0 bridgehead atoms. The number of pyridine rings is 1. The first kappa shape index (κ1) is 8.15. The van der Waals surface area contributed by atoms with Gasteiger partial charge >= 0.3 is 0 Å². The SMILES string of the molecule is Clc1ccc(NC2=CNNN2)cn1. The predicted molar refractivity (Wildman–Crippen MR) is 50.4 cm³/mol. The van der Waals surface area contributed by atoms with Gasteiger partial charge in [0.1, 0.15) is 11.0 Å². The molecule has 0 radical (unpaired) electrons. The Hall–Kier alpha value is -1.46. The summed E-state index contributed by atoms with van der Waals surface area (Å²) in [4.78, 5) is 3.93. The molecule has 0 spiro atoms. The third kappa shape index (κ3) is 2.01. The van der Waals surface area contributed by atoms with E-state index in [1.807, 2.05) is 6.07 Å². The van der Waals surface area contributed by atoms with Crippen molar-refractivity contribution >= 4 is 17.3 Å². The van der Waals surface area contributed by atoms with E-state index in [0.29, 0.717) is 5.15 Å². The molecule has 0 aromatic carbocycles. The lowest BCUT2D eigenvalue weighted by molar-refractivity contribution is 0.601. The van der Waals surface area contributed by atoms with Crippen molar-refractivity contribution in [1.29, 1.82) is 0 Å². The van der Waals surface area contributed by atoms with Crippen LogP contribution in [0, 0.1) is 0 Å². The summed E-state index contributed by atoms with van der Waals surface area (Å²) in [5, 5.41) is 3.55. The lowest BCUT2D eigenvalue weighted by Gasteiger charge is -2.05. The van der Waals surface area contributed by atoms with Gasteiger partial charge in [0.05, 0.1) is 18.1 Å². The summed E-state index contributed by atoms with van der Waals surface area (Å²) in [6.45, 7) is 0. The lowest BCUT2D eigenvalue weighted by Crippen LogP contribution is -2.33. The first-order valence-corrected chi connectivity index (χ1v) is 4.08. The molecule has 1 aromatic heterocycles. The Morgan fingerprint density at radius 2 is 2.31 bits per heavy atom. The number of halogens is 1. The summed E-state index contributed by atoms with van der Waals surface area (Å²) < 4.78 is 0. The van der Waals surface area contributed by atoms with Gasteiger partial charge in [0.2, 0.25) is 0 Å². The second-order valence-electron chi connectivity index (χ2n) is 2.45. The van der Waals surface area contributed by atoms with Crippen molar-refractivity contribution in [2.45, 2.75) is 0 Å². The second-order valence-corrected chi connectivity index (χ2v) is 2.83. The molecule has 0 unspecified atom stereocenters. The molecule has 5 nitrogen and oxygen atoms in total. The normalized spacial score (nSPS) is 14.4. The summed E-state index contributed by atoms with van der Waals surface area (Å²) in [5.74, 6) is 0.823. The summed E-state index contributed by atoms with van der Waals surface area (Å²) in [6, 6.07) is 3.57. The van der Waals surface area contributed by atoms with Crippen LogP contribution in [0.4, 0.5) is 5.69 Å². The molecule has 1 aromatic rings. The minimum Gasteiger partial charge on any atom is -0.338 e. The maximum Gasteiger partial charge on any atom is 0.137 e. The number of rotatable bonds is 2. The van der Waals surface area contributed by atoms with Gasteiger partial charge in [0, 0.05) is 0 Å². The van der Waals surface area contributed by atoms with Crippen molar-refractivity contribution in [3.63, 3.8) is 0 Å². The van der Waals surface area contributed by atoms with E-state index in [9.17, 15) is 0 Å². The average molecular weight is 198 g/mol. The molecule has 0 amide bonds. The van der Waals surface area contributed by atoms with Crippen molar-refractivity contribution in [2.75, 3.05) is 5.32 Å². The van der Waals surface area contributed by atoms with Gasteiger partial charge in [-0.05, 0) is 12.1 Å². The zero-order chi connectivity index (χ0) is 9.10. The summed E-state index contributed by atoms with van der Waals surface area (Å²) in [7, 11) is 0. The zero-order valence-electron chi connectivity index (χ0n) is 6.63. The summed E-state index contributed by atoms with van der Waals surface area (Å²) >= 11 is 5.63. The van der Waals surface area contributed by atoms with Crippen LogP contribution in [0.5, 0.6) is 0 Å². The number of hydrazine groups is 2. The van der Waals surface area contributed by atoms with Crippen LogP contribution in [0.15, 0.2) is 30.4 Å². The standard InChI is InChI=1S/C7H8ClN5/c8-6-2-1-5(3-9-6)11-7-4-10-13-12-7/h1-4,10-13H. The van der Waals surface area contributed by atoms with Crippen LogP contribution in [0.1, 0.15) is 0 Å². The highest BCUT2D eigenvalue weighted by atomic mass is 35.5. The number of hydrogen-bond donors (Lipinski definition) is 4. The van der Waals surface area contributed by atoms with Crippen molar-refractivity contribution < 1.29 is 0 Å². The van der Waals surface area contributed by atoms with Gasteiger partial charge in [-0.15, -0.1) is 5.53 Å². The molecule has 4 N–H and O–H groups in total. The monoisotopic (exact) mass is 197 g/mol. The van der Waals surface area contributed by atoms with Crippen LogP contribution < -0.4 is 21.7 Å². The van der Waals surface area contributed by atoms with E-state index in [1.165, 1.54) is 0 Å². The highest BCUT2D eigenvalue weighted by Crippen LogP contribution is 2.10. The molecular formula is C7H8ClN5. The number of nitrogens with zero attached hydrogens (tertiary/aromatic N) is 1. The van der Waals surface area contributed by atoms with Gasteiger partial charge in [-0.25, -0.2) is 4.98 Å². The van der Waals surface area contributed by atoms with Crippen LogP contribution in [-0.4, -0.2) is 4.98 Å². The van der Waals surface area contributed by atoms with Crippen molar-refractivity contribution in [3.8, 4) is 0 Å². The molecular weight excluding hydrogens is 190 g/mol. The molecule has 1 aliphatic rings. The van der Waals surface area contributed by atoms with Crippen LogP contribution >= 0.6 is 11.6 Å². The Balaban J connectivity index is 2.05. The number of aromatic nitrogens is 1. The first-order chi connectivity index (χ1) is 6.34. The molecule has 1 aliphatic heterocycles. The fourth-order valence-corrected chi connectivity index (χ4v) is 1.03. The quantitative estimate of drug-likeness (QED) is 0.522. The van der Waals surface area contributed by atoms with E-state index in [1.54, 1.807) is 18.5 Å². The molecule has 0 saturated carbocycles. The van der Waals surface area contributed by atoms with Crippen LogP contribution in [0.25, 0.3) is 0 Å². The van der Waals surface area contributed by atoms with Gasteiger partial charge < -0.3 is 10.7 Å². The van der Waals surface area contributed by atoms with Crippen molar-refractivity contribution in [2.24, 2.45) is 0 Å². The van der Waals surface area contributed by atoms with Crippen molar-refractivity contribution in [1.82, 2.24) is 21.4 Å². The maximum atomic E-state index is 5.63. The minimum absolute atomic E-state index is 0.482. The van der Waals surface area contributed by atoms with Crippen LogP contribution in [0.2, 0.25) is 5.15 Å². The largest absolute Gasteiger partial charge is 0.338 e. The Bertz CT molecular complexity index is 320. The third-order valence-corrected chi connectivity index (χ3v) is 1.72. The second kappa shape index (κ2) is 3.51. The summed E-state index contributed by atoms with van der Waals surface area (Å²) in [5.41, 5.74) is 9.19. The van der Waals surface area contributed by atoms with E-state index >= 15 is 0 Å². The number of anilines is 1. The molecule has 68 valence electrons. The first-order valence-electron chi connectivity index (χ1n) is 3.70. The Kier molecular flexibility index (Phi) is 2.20. The average Bonchev–Trinajstić information content (AvgIpc) is 2.62. The Morgan fingerprint density at radius 1 is 1.38 bits per heavy atom. The molecule has 6 heteroatoms. The van der Waals surface area contributed by atoms with Crippen molar-refractivity contribution in [3.05, 3.63) is 35.5 Å². The van der Waals surface area contributed by atoms with Gasteiger partial charge in [-0.2, -0.15) is 0 Å². The Morgan fingerprint density at radius 3 is 2.92 bits per heavy atom. The molecule has 0 aliphatic carbocycles. The number of hydrogen-bond acceptors (Lipinski definition) is 5. The van der Waals surface area contributed by atoms with Crippen LogP contribution in [0.3, 0.4) is 0 Å². The maximum absolute atomic E-state index is 5.63. The van der Waals surface area contributed by atoms with E-state index in [0.717, 1.165) is 11.5 Å². The molecule has 0 atom stereocenters. The number of nitrogens with one attached hydrogen (secondary N) is 4. The molecule has 2 heterocycles. The zero-order valence-corrected chi connectivity index (χ0v) is 7.39. The summed E-state index contributed by atoms with van der Waals surface area (Å²) in [6.07, 6.45) is 3.41. The molecule has 2 rings (SSSR count).